The second-order valence-electron chi connectivity index (χ2n) is 8.31. The van der Waals surface area contributed by atoms with Crippen LogP contribution in [0.3, 0.4) is 0 Å². The molecular formula is C19H22F2N6O5. The Morgan fingerprint density at radius 1 is 1.31 bits per heavy atom. The Morgan fingerprint density at radius 2 is 1.97 bits per heavy atom. The number of azide groups is 1. The van der Waals surface area contributed by atoms with E-state index in [9.17, 15) is 23.2 Å². The van der Waals surface area contributed by atoms with Crippen molar-refractivity contribution in [3.63, 3.8) is 0 Å². The number of carbonyl (C=O) groups is 3. The van der Waals surface area contributed by atoms with E-state index in [1.807, 2.05) is 0 Å². The molecule has 2 saturated heterocycles. The zero-order valence-electron chi connectivity index (χ0n) is 17.7. The van der Waals surface area contributed by atoms with Gasteiger partial charge in [0.15, 0.2) is 11.6 Å². The summed E-state index contributed by atoms with van der Waals surface area (Å²) >= 11 is 0. The van der Waals surface area contributed by atoms with Crippen LogP contribution in [0.1, 0.15) is 20.8 Å². The highest BCUT2D eigenvalue weighted by atomic mass is 19.1. The molecule has 0 spiro atoms. The second-order valence-corrected chi connectivity index (χ2v) is 8.31. The standard InChI is InChI=1S/C19H22F2N6O5/c1-19(2,3)32-16(29)9-25-10-26(8-15(25)28)17-13(20)4-11(5-14(17)21)27-7-12(6-23-24-22)31-18(27)30/h4-5,12H,6-10H2,1-3H3/t12-/m0/s1. The first-order valence-corrected chi connectivity index (χ1v) is 9.71. The number of carbonyl (C=O) groups excluding carboxylic acids is 3. The van der Waals surface area contributed by atoms with Gasteiger partial charge in [-0.1, -0.05) is 5.11 Å². The van der Waals surface area contributed by atoms with E-state index in [0.717, 1.165) is 26.8 Å². The summed E-state index contributed by atoms with van der Waals surface area (Å²) < 4.78 is 39.9. The van der Waals surface area contributed by atoms with Crippen LogP contribution in [0.5, 0.6) is 0 Å². The van der Waals surface area contributed by atoms with Crippen molar-refractivity contribution >= 4 is 29.3 Å². The Morgan fingerprint density at radius 3 is 2.56 bits per heavy atom. The molecule has 0 saturated carbocycles. The van der Waals surface area contributed by atoms with E-state index in [-0.39, 0.29) is 38.5 Å². The van der Waals surface area contributed by atoms with Gasteiger partial charge in [0.1, 0.15) is 23.9 Å². The molecular weight excluding hydrogens is 430 g/mol. The largest absolute Gasteiger partial charge is 0.459 e. The van der Waals surface area contributed by atoms with Crippen molar-refractivity contribution < 1.29 is 32.6 Å². The van der Waals surface area contributed by atoms with Crippen molar-refractivity contribution in [1.29, 1.82) is 0 Å². The minimum Gasteiger partial charge on any atom is -0.459 e. The molecule has 0 radical (unpaired) electrons. The number of ether oxygens (including phenoxy) is 2. The predicted octanol–water partition coefficient (Wildman–Crippen LogP) is 2.55. The smallest absolute Gasteiger partial charge is 0.414 e. The number of cyclic esters (lactones) is 1. The number of benzene rings is 1. The van der Waals surface area contributed by atoms with Crippen LogP contribution in [-0.2, 0) is 19.1 Å². The lowest BCUT2D eigenvalue weighted by Crippen LogP contribution is -2.36. The summed E-state index contributed by atoms with van der Waals surface area (Å²) in [7, 11) is 0. The van der Waals surface area contributed by atoms with Gasteiger partial charge in [-0.3, -0.25) is 14.5 Å². The first-order chi connectivity index (χ1) is 15.0. The molecule has 13 heteroatoms. The molecule has 2 fully saturated rings. The van der Waals surface area contributed by atoms with Crippen molar-refractivity contribution in [1.82, 2.24) is 4.90 Å². The van der Waals surface area contributed by atoms with E-state index < -0.39 is 47.0 Å². The van der Waals surface area contributed by atoms with Crippen molar-refractivity contribution in [2.45, 2.75) is 32.5 Å². The van der Waals surface area contributed by atoms with Crippen LogP contribution in [0, 0.1) is 11.6 Å². The number of nitrogens with zero attached hydrogens (tertiary/aromatic N) is 6. The molecule has 0 N–H and O–H groups in total. The quantitative estimate of drug-likeness (QED) is 0.282. The lowest BCUT2D eigenvalue weighted by atomic mass is 10.2. The SMILES string of the molecule is CC(C)(C)OC(=O)CN1CN(c2c(F)cc(N3C[C@H](CN=[N+]=[N-])OC3=O)cc2F)CC1=O. The zero-order chi connectivity index (χ0) is 23.6. The summed E-state index contributed by atoms with van der Waals surface area (Å²) in [5.41, 5.74) is 7.11. The highest BCUT2D eigenvalue weighted by Crippen LogP contribution is 2.32. The maximum atomic E-state index is 14.8. The molecule has 32 heavy (non-hydrogen) atoms. The summed E-state index contributed by atoms with van der Waals surface area (Å²) in [6, 6.07) is 1.91. The van der Waals surface area contributed by atoms with E-state index in [1.165, 1.54) is 0 Å². The second kappa shape index (κ2) is 8.87. The summed E-state index contributed by atoms with van der Waals surface area (Å²) in [6.45, 7) is 4.04. The van der Waals surface area contributed by atoms with Crippen molar-refractivity contribution in [2.75, 3.05) is 42.6 Å². The van der Waals surface area contributed by atoms with E-state index in [4.69, 9.17) is 15.0 Å². The summed E-state index contributed by atoms with van der Waals surface area (Å²) in [6.07, 6.45) is -1.56. The Balaban J connectivity index is 1.73. The number of esters is 1. The number of hydrogen-bond acceptors (Lipinski definition) is 7. The molecule has 1 aromatic rings. The van der Waals surface area contributed by atoms with Crippen LogP contribution < -0.4 is 9.80 Å². The van der Waals surface area contributed by atoms with E-state index >= 15 is 0 Å². The van der Waals surface area contributed by atoms with Crippen LogP contribution in [-0.4, -0.2) is 67.4 Å². The molecule has 3 rings (SSSR count). The van der Waals surface area contributed by atoms with Crippen LogP contribution in [0.4, 0.5) is 25.0 Å². The first kappa shape index (κ1) is 23.1. The summed E-state index contributed by atoms with van der Waals surface area (Å²) in [4.78, 5) is 42.2. The Kier molecular flexibility index (Phi) is 6.40. The van der Waals surface area contributed by atoms with Gasteiger partial charge in [-0.25, -0.2) is 13.6 Å². The van der Waals surface area contributed by atoms with Gasteiger partial charge in [0.25, 0.3) is 0 Å². The minimum absolute atomic E-state index is 0.0397. The molecule has 2 aliphatic rings. The van der Waals surface area contributed by atoms with Crippen molar-refractivity contribution in [3.05, 3.63) is 34.2 Å². The Bertz CT molecular complexity index is 968. The van der Waals surface area contributed by atoms with Crippen LogP contribution in [0.2, 0.25) is 0 Å². The maximum Gasteiger partial charge on any atom is 0.414 e. The molecule has 0 aliphatic carbocycles. The summed E-state index contributed by atoms with van der Waals surface area (Å²) in [5.74, 6) is -3.09. The molecule has 1 aromatic carbocycles. The van der Waals surface area contributed by atoms with Crippen LogP contribution in [0.15, 0.2) is 17.2 Å². The number of hydrogen-bond donors (Lipinski definition) is 0. The number of halogens is 2. The fourth-order valence-corrected chi connectivity index (χ4v) is 3.38. The van der Waals surface area contributed by atoms with E-state index in [1.54, 1.807) is 20.8 Å². The molecule has 0 aromatic heterocycles. The predicted molar refractivity (Wildman–Crippen MR) is 108 cm³/mol. The van der Waals surface area contributed by atoms with Gasteiger partial charge in [0.05, 0.1) is 32.0 Å². The number of rotatable bonds is 6. The molecule has 2 amide bonds. The molecule has 2 heterocycles. The first-order valence-electron chi connectivity index (χ1n) is 9.71. The Labute approximate surface area is 182 Å². The van der Waals surface area contributed by atoms with Crippen molar-refractivity contribution in [2.24, 2.45) is 5.11 Å². The molecule has 2 aliphatic heterocycles. The lowest BCUT2D eigenvalue weighted by Gasteiger charge is -2.23. The van der Waals surface area contributed by atoms with Gasteiger partial charge in [0, 0.05) is 17.0 Å². The topological polar surface area (TPSA) is 128 Å². The van der Waals surface area contributed by atoms with Gasteiger partial charge in [0.2, 0.25) is 5.91 Å². The van der Waals surface area contributed by atoms with E-state index in [0.29, 0.717) is 0 Å². The third-order valence-electron chi connectivity index (χ3n) is 4.61. The molecule has 0 bridgehead atoms. The highest BCUT2D eigenvalue weighted by Gasteiger charge is 2.36. The van der Waals surface area contributed by atoms with Gasteiger partial charge in [-0.05, 0) is 26.3 Å². The summed E-state index contributed by atoms with van der Waals surface area (Å²) in [5, 5.41) is 3.32. The third kappa shape index (κ3) is 5.17. The molecule has 11 nitrogen and oxygen atoms in total. The molecule has 1 atom stereocenters. The van der Waals surface area contributed by atoms with Gasteiger partial charge in [-0.2, -0.15) is 0 Å². The number of amides is 2. The Hall–Kier alpha value is -3.60. The van der Waals surface area contributed by atoms with Gasteiger partial charge < -0.3 is 19.3 Å². The average Bonchev–Trinajstić information content (AvgIpc) is 3.20. The van der Waals surface area contributed by atoms with Crippen LogP contribution in [0.25, 0.3) is 10.4 Å². The average molecular weight is 452 g/mol. The minimum atomic E-state index is -0.988. The van der Waals surface area contributed by atoms with Crippen LogP contribution >= 0.6 is 0 Å². The normalized spacial score (nSPS) is 18.7. The zero-order valence-corrected chi connectivity index (χ0v) is 17.7. The third-order valence-corrected chi connectivity index (χ3v) is 4.61. The lowest BCUT2D eigenvalue weighted by molar-refractivity contribution is -0.157. The molecule has 0 unspecified atom stereocenters. The van der Waals surface area contributed by atoms with Gasteiger partial charge in [-0.15, -0.1) is 0 Å². The fourth-order valence-electron chi connectivity index (χ4n) is 3.38. The molecule has 172 valence electrons. The fraction of sp³-hybridized carbons (Fsp3) is 0.526. The maximum absolute atomic E-state index is 14.8. The monoisotopic (exact) mass is 452 g/mol. The van der Waals surface area contributed by atoms with Gasteiger partial charge >= 0.3 is 12.1 Å². The number of anilines is 2. The highest BCUT2D eigenvalue weighted by molar-refractivity contribution is 5.91. The van der Waals surface area contributed by atoms with Crippen molar-refractivity contribution in [3.8, 4) is 0 Å². The van der Waals surface area contributed by atoms with E-state index in [2.05, 4.69) is 10.0 Å².